The van der Waals surface area contributed by atoms with E-state index in [-0.39, 0.29) is 12.6 Å². The van der Waals surface area contributed by atoms with Crippen molar-refractivity contribution in [1.82, 2.24) is 4.90 Å². The molecule has 0 aromatic heterocycles. The van der Waals surface area contributed by atoms with E-state index in [0.717, 1.165) is 6.42 Å². The Morgan fingerprint density at radius 2 is 1.96 bits per heavy atom. The average Bonchev–Trinajstić information content (AvgIpc) is 3.14. The maximum absolute atomic E-state index is 12.3. The number of likely N-dealkylation sites (tertiary alicyclic amines) is 1. The molecule has 1 unspecified atom stereocenters. The van der Waals surface area contributed by atoms with Gasteiger partial charge in [-0.2, -0.15) is 0 Å². The summed E-state index contributed by atoms with van der Waals surface area (Å²) in [5.74, 6) is -0.647. The molecule has 2 aromatic rings. The van der Waals surface area contributed by atoms with Gasteiger partial charge in [0.15, 0.2) is 0 Å². The number of ether oxygens (including phenoxy) is 1. The number of rotatable bonds is 6. The summed E-state index contributed by atoms with van der Waals surface area (Å²) in [5.41, 5.74) is 1.84. The fraction of sp³-hybridized carbons (Fsp3) is 0.300. The van der Waals surface area contributed by atoms with Gasteiger partial charge < -0.3 is 20.1 Å². The number of carboxylic acids is 1. The molecule has 2 N–H and O–H groups in total. The number of anilines is 1. The zero-order valence-corrected chi connectivity index (χ0v) is 14.4. The van der Waals surface area contributed by atoms with Gasteiger partial charge in [0.05, 0.1) is 12.5 Å². The van der Waals surface area contributed by atoms with E-state index in [1.165, 1.54) is 10.5 Å². The predicted molar refractivity (Wildman–Crippen MR) is 98.4 cm³/mol. The van der Waals surface area contributed by atoms with Gasteiger partial charge in [-0.05, 0) is 24.1 Å². The second-order valence-corrected chi connectivity index (χ2v) is 6.31. The van der Waals surface area contributed by atoms with Crippen molar-refractivity contribution in [1.29, 1.82) is 0 Å². The zero-order chi connectivity index (χ0) is 18.4. The van der Waals surface area contributed by atoms with Crippen LogP contribution in [-0.2, 0) is 11.2 Å². The lowest BCUT2D eigenvalue weighted by molar-refractivity contribution is -0.141. The Balaban J connectivity index is 1.51. The third-order valence-electron chi connectivity index (χ3n) is 4.41. The van der Waals surface area contributed by atoms with Crippen LogP contribution in [0.3, 0.4) is 0 Å². The summed E-state index contributed by atoms with van der Waals surface area (Å²) in [6, 6.07) is 17.0. The van der Waals surface area contributed by atoms with Crippen molar-refractivity contribution in [3.63, 3.8) is 0 Å². The average molecular weight is 354 g/mol. The van der Waals surface area contributed by atoms with Gasteiger partial charge in [0, 0.05) is 31.3 Å². The molecule has 2 amide bonds. The van der Waals surface area contributed by atoms with Gasteiger partial charge in [0.1, 0.15) is 5.75 Å². The molecule has 0 saturated carbocycles. The molecule has 0 aliphatic carbocycles. The monoisotopic (exact) mass is 354 g/mol. The van der Waals surface area contributed by atoms with Crippen molar-refractivity contribution in [2.75, 3.05) is 25.0 Å². The maximum Gasteiger partial charge on any atom is 0.321 e. The third kappa shape index (κ3) is 4.75. The molecule has 1 fully saturated rings. The number of carbonyl (C=O) groups is 2. The summed E-state index contributed by atoms with van der Waals surface area (Å²) in [4.78, 5) is 24.8. The van der Waals surface area contributed by atoms with E-state index in [0.29, 0.717) is 31.0 Å². The summed E-state index contributed by atoms with van der Waals surface area (Å²) in [5, 5.41) is 11.8. The maximum atomic E-state index is 12.3. The van der Waals surface area contributed by atoms with Crippen LogP contribution in [0, 0.1) is 5.92 Å². The van der Waals surface area contributed by atoms with Gasteiger partial charge in [0.2, 0.25) is 0 Å². The Morgan fingerprint density at radius 3 is 2.69 bits per heavy atom. The van der Waals surface area contributed by atoms with E-state index in [4.69, 9.17) is 9.84 Å². The number of carboxylic acid groups (broad SMARTS) is 1. The lowest BCUT2D eigenvalue weighted by Gasteiger charge is -2.17. The van der Waals surface area contributed by atoms with Gasteiger partial charge in [-0.15, -0.1) is 0 Å². The molecule has 1 atom stereocenters. The van der Waals surface area contributed by atoms with Crippen LogP contribution in [0.15, 0.2) is 54.6 Å². The van der Waals surface area contributed by atoms with Crippen molar-refractivity contribution >= 4 is 17.7 Å². The molecule has 1 heterocycles. The van der Waals surface area contributed by atoms with Crippen molar-refractivity contribution in [3.8, 4) is 5.75 Å². The number of hydrogen-bond donors (Lipinski definition) is 2. The number of hydrogen-bond acceptors (Lipinski definition) is 3. The quantitative estimate of drug-likeness (QED) is 0.835. The molecule has 0 spiro atoms. The van der Waals surface area contributed by atoms with Crippen LogP contribution in [0.2, 0.25) is 0 Å². The van der Waals surface area contributed by atoms with Gasteiger partial charge in [-0.1, -0.05) is 36.4 Å². The fourth-order valence-electron chi connectivity index (χ4n) is 2.94. The highest BCUT2D eigenvalue weighted by molar-refractivity contribution is 5.90. The Bertz CT molecular complexity index is 763. The molecule has 3 rings (SSSR count). The van der Waals surface area contributed by atoms with Crippen LogP contribution < -0.4 is 10.1 Å². The molecular formula is C20H22N2O4. The number of carbonyl (C=O) groups excluding carboxylic acids is 1. The molecule has 2 aromatic carbocycles. The smallest absolute Gasteiger partial charge is 0.321 e. The van der Waals surface area contributed by atoms with Gasteiger partial charge >= 0.3 is 12.0 Å². The summed E-state index contributed by atoms with van der Waals surface area (Å²) in [6.45, 7) is 1.25. The third-order valence-corrected chi connectivity index (χ3v) is 4.41. The number of benzene rings is 2. The second kappa shape index (κ2) is 8.38. The molecule has 0 radical (unpaired) electrons. The van der Waals surface area contributed by atoms with Crippen LogP contribution in [0.4, 0.5) is 10.5 Å². The van der Waals surface area contributed by atoms with Crippen molar-refractivity contribution in [2.24, 2.45) is 5.92 Å². The number of amides is 2. The Hall–Kier alpha value is -3.02. The number of nitrogens with zero attached hydrogens (tertiary/aromatic N) is 1. The summed E-state index contributed by atoms with van der Waals surface area (Å²) in [7, 11) is 0. The first-order chi connectivity index (χ1) is 12.6. The van der Waals surface area contributed by atoms with Crippen LogP contribution in [-0.4, -0.2) is 41.7 Å². The number of nitrogens with one attached hydrogen (secondary N) is 1. The Kier molecular flexibility index (Phi) is 5.73. The van der Waals surface area contributed by atoms with Crippen LogP contribution in [0.25, 0.3) is 0 Å². The largest absolute Gasteiger partial charge is 0.493 e. The molecule has 26 heavy (non-hydrogen) atoms. The van der Waals surface area contributed by atoms with Gasteiger partial charge in [0.25, 0.3) is 0 Å². The first-order valence-electron chi connectivity index (χ1n) is 8.67. The van der Waals surface area contributed by atoms with E-state index >= 15 is 0 Å². The van der Waals surface area contributed by atoms with Crippen molar-refractivity contribution in [2.45, 2.75) is 12.8 Å². The zero-order valence-electron chi connectivity index (χ0n) is 14.4. The standard InChI is InChI=1S/C20H22N2O4/c23-19(24)16-9-11-22(14-16)20(25)21-17-7-4-8-18(13-17)26-12-10-15-5-2-1-3-6-15/h1-8,13,16H,9-12,14H2,(H,21,25)(H,23,24). The first kappa shape index (κ1) is 17.8. The molecule has 6 nitrogen and oxygen atoms in total. The molecule has 6 heteroatoms. The summed E-state index contributed by atoms with van der Waals surface area (Å²) in [6.07, 6.45) is 1.30. The normalized spacial score (nSPS) is 16.3. The number of aliphatic carboxylic acids is 1. The topological polar surface area (TPSA) is 78.9 Å². The Labute approximate surface area is 152 Å². The molecular weight excluding hydrogens is 332 g/mol. The Morgan fingerprint density at radius 1 is 1.15 bits per heavy atom. The predicted octanol–water partition coefficient (Wildman–Crippen LogP) is 3.25. The van der Waals surface area contributed by atoms with E-state index in [1.54, 1.807) is 12.1 Å². The summed E-state index contributed by atoms with van der Waals surface area (Å²) >= 11 is 0. The van der Waals surface area contributed by atoms with E-state index in [2.05, 4.69) is 17.4 Å². The van der Waals surface area contributed by atoms with Crippen LogP contribution >= 0.6 is 0 Å². The van der Waals surface area contributed by atoms with E-state index in [1.807, 2.05) is 30.3 Å². The molecule has 136 valence electrons. The lowest BCUT2D eigenvalue weighted by Crippen LogP contribution is -2.33. The second-order valence-electron chi connectivity index (χ2n) is 6.31. The minimum Gasteiger partial charge on any atom is -0.493 e. The first-order valence-corrected chi connectivity index (χ1v) is 8.67. The molecule has 1 saturated heterocycles. The fourth-order valence-corrected chi connectivity index (χ4v) is 2.94. The van der Waals surface area contributed by atoms with Crippen molar-refractivity contribution < 1.29 is 19.4 Å². The highest BCUT2D eigenvalue weighted by Crippen LogP contribution is 2.21. The molecule has 1 aliphatic heterocycles. The molecule has 1 aliphatic rings. The summed E-state index contributed by atoms with van der Waals surface area (Å²) < 4.78 is 5.76. The minimum absolute atomic E-state index is 0.244. The highest BCUT2D eigenvalue weighted by Gasteiger charge is 2.30. The SMILES string of the molecule is O=C(O)C1CCN(C(=O)Nc2cccc(OCCc3ccccc3)c2)C1. The van der Waals surface area contributed by atoms with Gasteiger partial charge in [-0.3, -0.25) is 4.79 Å². The van der Waals surface area contributed by atoms with E-state index < -0.39 is 11.9 Å². The van der Waals surface area contributed by atoms with E-state index in [9.17, 15) is 9.59 Å². The highest BCUT2D eigenvalue weighted by atomic mass is 16.5. The van der Waals surface area contributed by atoms with Crippen LogP contribution in [0.5, 0.6) is 5.75 Å². The number of urea groups is 1. The minimum atomic E-state index is -0.853. The van der Waals surface area contributed by atoms with Gasteiger partial charge in [-0.25, -0.2) is 4.79 Å². The van der Waals surface area contributed by atoms with Crippen molar-refractivity contribution in [3.05, 3.63) is 60.2 Å². The molecule has 0 bridgehead atoms. The van der Waals surface area contributed by atoms with Crippen LogP contribution in [0.1, 0.15) is 12.0 Å². The lowest BCUT2D eigenvalue weighted by atomic mass is 10.1.